The number of carbonyl (C=O) groups excluding carboxylic acids is 1. The van der Waals surface area contributed by atoms with Crippen molar-refractivity contribution in [1.29, 1.82) is 0 Å². The van der Waals surface area contributed by atoms with Crippen LogP contribution < -0.4 is 5.32 Å². The fourth-order valence-corrected chi connectivity index (χ4v) is 5.01. The van der Waals surface area contributed by atoms with Gasteiger partial charge in [0.25, 0.3) is 0 Å². The van der Waals surface area contributed by atoms with E-state index in [1.54, 1.807) is 11.3 Å². The SMILES string of the molecule is CCNC(=NCC(=O)N1CCc2sccc2C1)N1CCOC(C2CCCO2)C1.I. The standard InChI is InChI=1S/C20H30N4O3S.HI/c1-2-21-20(24-8-10-27-17(14-24)16-4-3-9-26-16)22-12-19(25)23-7-5-18-15(13-23)6-11-28-18;/h6,11,16-17H,2-5,7-10,12-14H2,1H3,(H,21,22);1H. The van der Waals surface area contributed by atoms with Crippen molar-refractivity contribution in [2.45, 2.75) is 44.9 Å². The summed E-state index contributed by atoms with van der Waals surface area (Å²) in [6.45, 7) is 7.54. The van der Waals surface area contributed by atoms with Gasteiger partial charge in [0, 0.05) is 44.2 Å². The minimum absolute atomic E-state index is 0. The number of ether oxygens (including phenoxy) is 2. The first-order chi connectivity index (χ1) is 13.7. The fourth-order valence-electron chi connectivity index (χ4n) is 4.12. The molecule has 3 aliphatic rings. The Morgan fingerprint density at radius 2 is 2.14 bits per heavy atom. The lowest BCUT2D eigenvalue weighted by Gasteiger charge is -2.37. The number of rotatable bonds is 4. The number of nitrogens with zero attached hydrogens (tertiary/aromatic N) is 3. The third-order valence-electron chi connectivity index (χ3n) is 5.63. The molecule has 0 bridgehead atoms. The van der Waals surface area contributed by atoms with Gasteiger partial charge in [0.15, 0.2) is 5.96 Å². The third-order valence-corrected chi connectivity index (χ3v) is 6.65. The summed E-state index contributed by atoms with van der Waals surface area (Å²) >= 11 is 1.79. The van der Waals surface area contributed by atoms with E-state index < -0.39 is 0 Å². The Kier molecular flexibility index (Phi) is 8.57. The summed E-state index contributed by atoms with van der Waals surface area (Å²) in [6.07, 6.45) is 3.38. The number of nitrogens with one attached hydrogen (secondary N) is 1. The molecule has 0 spiro atoms. The molecule has 4 rings (SSSR count). The highest BCUT2D eigenvalue weighted by atomic mass is 127. The summed E-state index contributed by atoms with van der Waals surface area (Å²) in [5, 5.41) is 5.46. The summed E-state index contributed by atoms with van der Waals surface area (Å²) in [5.74, 6) is 0.895. The van der Waals surface area contributed by atoms with Crippen LogP contribution in [-0.2, 0) is 27.2 Å². The second kappa shape index (κ2) is 10.9. The van der Waals surface area contributed by atoms with Crippen molar-refractivity contribution in [3.8, 4) is 0 Å². The Balaban J connectivity index is 0.00000240. The fraction of sp³-hybridized carbons (Fsp3) is 0.700. The van der Waals surface area contributed by atoms with Gasteiger partial charge in [-0.05, 0) is 43.2 Å². The average Bonchev–Trinajstić information content (AvgIpc) is 3.42. The van der Waals surface area contributed by atoms with Crippen LogP contribution in [0.5, 0.6) is 0 Å². The molecular formula is C20H31IN4O3S. The van der Waals surface area contributed by atoms with E-state index in [4.69, 9.17) is 9.47 Å². The molecule has 0 aromatic carbocycles. The van der Waals surface area contributed by atoms with Crippen LogP contribution in [0.4, 0.5) is 0 Å². The molecule has 9 heteroatoms. The van der Waals surface area contributed by atoms with E-state index in [2.05, 4.69) is 33.6 Å². The van der Waals surface area contributed by atoms with Gasteiger partial charge >= 0.3 is 0 Å². The highest BCUT2D eigenvalue weighted by molar-refractivity contribution is 14.0. The number of halogens is 1. The molecule has 29 heavy (non-hydrogen) atoms. The minimum Gasteiger partial charge on any atom is -0.375 e. The van der Waals surface area contributed by atoms with Gasteiger partial charge in [0.1, 0.15) is 12.6 Å². The monoisotopic (exact) mass is 534 g/mol. The maximum atomic E-state index is 12.7. The number of thiophene rings is 1. The molecule has 4 heterocycles. The normalized spacial score (nSPS) is 24.8. The van der Waals surface area contributed by atoms with E-state index in [0.717, 1.165) is 58.0 Å². The molecule has 7 nitrogen and oxygen atoms in total. The molecule has 162 valence electrons. The van der Waals surface area contributed by atoms with Crippen molar-refractivity contribution >= 4 is 47.2 Å². The number of fused-ring (bicyclic) bond motifs is 1. The van der Waals surface area contributed by atoms with E-state index in [-0.39, 0.29) is 48.6 Å². The topological polar surface area (TPSA) is 66.4 Å². The molecule has 2 saturated heterocycles. The zero-order chi connectivity index (χ0) is 19.3. The zero-order valence-electron chi connectivity index (χ0n) is 17.0. The smallest absolute Gasteiger partial charge is 0.244 e. The Bertz CT molecular complexity index is 708. The van der Waals surface area contributed by atoms with Gasteiger partial charge < -0.3 is 24.6 Å². The number of amides is 1. The Morgan fingerprint density at radius 3 is 2.93 bits per heavy atom. The molecule has 1 aromatic heterocycles. The average molecular weight is 534 g/mol. The van der Waals surface area contributed by atoms with Crippen molar-refractivity contribution in [3.63, 3.8) is 0 Å². The minimum atomic E-state index is 0. The second-order valence-electron chi connectivity index (χ2n) is 7.51. The molecule has 3 aliphatic heterocycles. The second-order valence-corrected chi connectivity index (χ2v) is 8.51. The lowest BCUT2D eigenvalue weighted by Crippen LogP contribution is -2.53. The lowest BCUT2D eigenvalue weighted by molar-refractivity contribution is -0.130. The van der Waals surface area contributed by atoms with Crippen molar-refractivity contribution < 1.29 is 14.3 Å². The largest absolute Gasteiger partial charge is 0.375 e. The summed E-state index contributed by atoms with van der Waals surface area (Å²) < 4.78 is 11.8. The van der Waals surface area contributed by atoms with Crippen LogP contribution in [0.3, 0.4) is 0 Å². The van der Waals surface area contributed by atoms with Crippen molar-refractivity contribution in [2.75, 3.05) is 45.9 Å². The van der Waals surface area contributed by atoms with Crippen LogP contribution in [0, 0.1) is 0 Å². The molecule has 0 radical (unpaired) electrons. The molecule has 1 amide bonds. The van der Waals surface area contributed by atoms with Crippen LogP contribution in [0.1, 0.15) is 30.2 Å². The summed E-state index contributed by atoms with van der Waals surface area (Å²) in [7, 11) is 0. The highest BCUT2D eigenvalue weighted by Crippen LogP contribution is 2.24. The first-order valence-electron chi connectivity index (χ1n) is 10.3. The lowest BCUT2D eigenvalue weighted by atomic mass is 10.1. The molecule has 2 unspecified atom stereocenters. The molecule has 0 saturated carbocycles. The van der Waals surface area contributed by atoms with E-state index >= 15 is 0 Å². The Hall–Kier alpha value is -0.910. The number of morpholine rings is 1. The molecular weight excluding hydrogens is 503 g/mol. The quantitative estimate of drug-likeness (QED) is 0.364. The van der Waals surface area contributed by atoms with E-state index in [0.29, 0.717) is 13.2 Å². The van der Waals surface area contributed by atoms with Crippen LogP contribution in [0.2, 0.25) is 0 Å². The van der Waals surface area contributed by atoms with Crippen LogP contribution in [0.15, 0.2) is 16.4 Å². The number of guanidine groups is 1. The number of hydrogen-bond donors (Lipinski definition) is 1. The van der Waals surface area contributed by atoms with Gasteiger partial charge in [-0.1, -0.05) is 0 Å². The van der Waals surface area contributed by atoms with E-state index in [9.17, 15) is 4.79 Å². The van der Waals surface area contributed by atoms with Gasteiger partial charge in [-0.25, -0.2) is 4.99 Å². The van der Waals surface area contributed by atoms with Crippen LogP contribution >= 0.6 is 35.3 Å². The summed E-state index contributed by atoms with van der Waals surface area (Å²) in [4.78, 5) is 22.9. The molecule has 1 aromatic rings. The maximum Gasteiger partial charge on any atom is 0.244 e. The van der Waals surface area contributed by atoms with Crippen molar-refractivity contribution in [2.24, 2.45) is 4.99 Å². The first kappa shape index (κ1) is 22.8. The van der Waals surface area contributed by atoms with Crippen molar-refractivity contribution in [1.82, 2.24) is 15.1 Å². The third kappa shape index (κ3) is 5.62. The highest BCUT2D eigenvalue weighted by Gasteiger charge is 2.32. The maximum absolute atomic E-state index is 12.7. The number of hydrogen-bond acceptors (Lipinski definition) is 5. The van der Waals surface area contributed by atoms with E-state index in [1.165, 1.54) is 10.4 Å². The first-order valence-corrected chi connectivity index (χ1v) is 11.2. The number of aliphatic imine (C=N–C) groups is 1. The van der Waals surface area contributed by atoms with Crippen molar-refractivity contribution in [3.05, 3.63) is 21.9 Å². The molecule has 2 fully saturated rings. The predicted molar refractivity (Wildman–Crippen MR) is 125 cm³/mol. The molecule has 2 atom stereocenters. The Labute approximate surface area is 193 Å². The molecule has 1 N–H and O–H groups in total. The van der Waals surface area contributed by atoms with E-state index in [1.807, 2.05) is 4.90 Å². The van der Waals surface area contributed by atoms with Crippen LogP contribution in [0.25, 0.3) is 0 Å². The van der Waals surface area contributed by atoms with Gasteiger partial charge in [-0.3, -0.25) is 4.79 Å². The zero-order valence-corrected chi connectivity index (χ0v) is 20.1. The predicted octanol–water partition coefficient (Wildman–Crippen LogP) is 2.10. The van der Waals surface area contributed by atoms with Gasteiger partial charge in [0.2, 0.25) is 5.91 Å². The number of carbonyl (C=O) groups is 1. The molecule has 0 aliphatic carbocycles. The van der Waals surface area contributed by atoms with Crippen LogP contribution in [-0.4, -0.2) is 79.8 Å². The summed E-state index contributed by atoms with van der Waals surface area (Å²) in [6, 6.07) is 2.13. The summed E-state index contributed by atoms with van der Waals surface area (Å²) in [5.41, 5.74) is 1.29. The van der Waals surface area contributed by atoms with Gasteiger partial charge in [0.05, 0.1) is 12.7 Å². The van der Waals surface area contributed by atoms with Gasteiger partial charge in [-0.15, -0.1) is 35.3 Å². The Morgan fingerprint density at radius 1 is 1.28 bits per heavy atom. The van der Waals surface area contributed by atoms with Gasteiger partial charge in [-0.2, -0.15) is 0 Å².